The molecule has 5 nitrogen and oxygen atoms in total. The van der Waals surface area contributed by atoms with Gasteiger partial charge in [-0.15, -0.1) is 0 Å². The zero-order valence-corrected chi connectivity index (χ0v) is 15.1. The molecule has 1 aliphatic carbocycles. The minimum absolute atomic E-state index is 0.00323. The SMILES string of the molecule is COCCC1(CNC(=O)c2cccnc2O[C@H](C)C(F)(F)F)CCCC1. The van der Waals surface area contributed by atoms with Crippen molar-refractivity contribution in [2.24, 2.45) is 5.41 Å². The normalized spacial score (nSPS) is 17.7. The van der Waals surface area contributed by atoms with E-state index >= 15 is 0 Å². The van der Waals surface area contributed by atoms with Gasteiger partial charge in [-0.1, -0.05) is 12.8 Å². The Morgan fingerprint density at radius 2 is 2.08 bits per heavy atom. The largest absolute Gasteiger partial charge is 0.464 e. The molecule has 1 N–H and O–H groups in total. The summed E-state index contributed by atoms with van der Waals surface area (Å²) in [4.78, 5) is 16.3. The summed E-state index contributed by atoms with van der Waals surface area (Å²) < 4.78 is 48.2. The standard InChI is InChI=1S/C18H25F3N2O3/c1-13(18(19,20)21)26-16-14(6-5-10-22-16)15(24)23-12-17(9-11-25-2)7-3-4-8-17/h5-6,10,13H,3-4,7-9,11-12H2,1-2H3,(H,23,24)/t13-/m1/s1. The molecule has 8 heteroatoms. The minimum atomic E-state index is -4.53. The van der Waals surface area contributed by atoms with Crippen LogP contribution >= 0.6 is 0 Å². The van der Waals surface area contributed by atoms with E-state index in [-0.39, 0.29) is 16.9 Å². The quantitative estimate of drug-likeness (QED) is 0.753. The van der Waals surface area contributed by atoms with Crippen LogP contribution in [0.25, 0.3) is 0 Å². The summed E-state index contributed by atoms with van der Waals surface area (Å²) in [5.41, 5.74) is -0.0165. The van der Waals surface area contributed by atoms with Gasteiger partial charge in [0.25, 0.3) is 5.91 Å². The molecule has 1 heterocycles. The fourth-order valence-electron chi connectivity index (χ4n) is 3.21. The van der Waals surface area contributed by atoms with E-state index in [0.29, 0.717) is 13.2 Å². The summed E-state index contributed by atoms with van der Waals surface area (Å²) in [6.07, 6.45) is -0.243. The molecule has 0 spiro atoms. The fourth-order valence-corrected chi connectivity index (χ4v) is 3.21. The first-order valence-corrected chi connectivity index (χ1v) is 8.73. The number of halogens is 3. The van der Waals surface area contributed by atoms with Gasteiger partial charge < -0.3 is 14.8 Å². The lowest BCUT2D eigenvalue weighted by atomic mass is 9.83. The predicted molar refractivity (Wildman–Crippen MR) is 90.1 cm³/mol. The number of aromatic nitrogens is 1. The number of alkyl halides is 3. The topological polar surface area (TPSA) is 60.5 Å². The van der Waals surface area contributed by atoms with Crippen molar-refractivity contribution in [2.75, 3.05) is 20.3 Å². The summed E-state index contributed by atoms with van der Waals surface area (Å²) in [6, 6.07) is 2.91. The molecule has 0 aromatic carbocycles. The first-order chi connectivity index (χ1) is 12.3. The lowest BCUT2D eigenvalue weighted by Crippen LogP contribution is -2.37. The Hall–Kier alpha value is -1.83. The van der Waals surface area contributed by atoms with Crippen molar-refractivity contribution in [3.05, 3.63) is 23.9 Å². The van der Waals surface area contributed by atoms with Crippen molar-refractivity contribution in [1.82, 2.24) is 10.3 Å². The highest BCUT2D eigenvalue weighted by Crippen LogP contribution is 2.40. The van der Waals surface area contributed by atoms with Crippen LogP contribution in [0.5, 0.6) is 5.88 Å². The van der Waals surface area contributed by atoms with Crippen molar-refractivity contribution in [3.8, 4) is 5.88 Å². The molecule has 1 aromatic rings. The van der Waals surface area contributed by atoms with Crippen LogP contribution in [0, 0.1) is 5.41 Å². The number of carbonyl (C=O) groups excluding carboxylic acids is 1. The number of rotatable bonds is 8. The monoisotopic (exact) mass is 374 g/mol. The highest BCUT2D eigenvalue weighted by atomic mass is 19.4. The number of hydrogen-bond donors (Lipinski definition) is 1. The number of nitrogens with zero attached hydrogens (tertiary/aromatic N) is 1. The molecular weight excluding hydrogens is 349 g/mol. The van der Waals surface area contributed by atoms with Gasteiger partial charge in [-0.05, 0) is 43.7 Å². The number of ether oxygens (including phenoxy) is 2. The zero-order valence-electron chi connectivity index (χ0n) is 15.1. The number of nitrogens with one attached hydrogen (secondary N) is 1. The average Bonchev–Trinajstić information content (AvgIpc) is 3.07. The second-order valence-corrected chi connectivity index (χ2v) is 6.79. The average molecular weight is 374 g/mol. The molecule has 26 heavy (non-hydrogen) atoms. The number of amides is 1. The Morgan fingerprint density at radius 3 is 2.69 bits per heavy atom. The Kier molecular flexibility index (Phi) is 6.86. The van der Waals surface area contributed by atoms with Gasteiger partial charge in [-0.25, -0.2) is 4.98 Å². The maximum Gasteiger partial charge on any atom is 0.425 e. The van der Waals surface area contributed by atoms with Crippen LogP contribution in [-0.2, 0) is 4.74 Å². The van der Waals surface area contributed by atoms with E-state index in [4.69, 9.17) is 9.47 Å². The summed E-state index contributed by atoms with van der Waals surface area (Å²) in [7, 11) is 1.64. The second-order valence-electron chi connectivity index (χ2n) is 6.79. The van der Waals surface area contributed by atoms with Crippen molar-refractivity contribution in [3.63, 3.8) is 0 Å². The summed E-state index contributed by atoms with van der Waals surface area (Å²) in [5, 5.41) is 2.85. The maximum absolute atomic E-state index is 12.7. The molecule has 1 aliphatic rings. The van der Waals surface area contributed by atoms with Gasteiger partial charge >= 0.3 is 6.18 Å². The van der Waals surface area contributed by atoms with Crippen LogP contribution < -0.4 is 10.1 Å². The van der Waals surface area contributed by atoms with E-state index in [0.717, 1.165) is 39.0 Å². The van der Waals surface area contributed by atoms with Gasteiger partial charge in [0.1, 0.15) is 5.56 Å². The molecule has 0 saturated heterocycles. The van der Waals surface area contributed by atoms with Crippen molar-refractivity contribution >= 4 is 5.91 Å². The van der Waals surface area contributed by atoms with Crippen molar-refractivity contribution in [1.29, 1.82) is 0 Å². The Balaban J connectivity index is 2.05. The van der Waals surface area contributed by atoms with Crippen LogP contribution in [-0.4, -0.2) is 43.4 Å². The van der Waals surface area contributed by atoms with E-state index in [1.807, 2.05) is 0 Å². The summed E-state index contributed by atoms with van der Waals surface area (Å²) in [6.45, 7) is 1.95. The molecule has 1 fully saturated rings. The molecule has 1 atom stereocenters. The lowest BCUT2D eigenvalue weighted by molar-refractivity contribution is -0.190. The number of methoxy groups -OCH3 is 1. The molecule has 0 bridgehead atoms. The Bertz CT molecular complexity index is 602. The molecule has 0 radical (unpaired) electrons. The smallest absolute Gasteiger partial charge is 0.425 e. The molecule has 0 aliphatic heterocycles. The van der Waals surface area contributed by atoms with E-state index in [1.165, 1.54) is 18.3 Å². The lowest BCUT2D eigenvalue weighted by Gasteiger charge is -2.29. The van der Waals surface area contributed by atoms with Crippen molar-refractivity contribution in [2.45, 2.75) is 51.3 Å². The first-order valence-electron chi connectivity index (χ1n) is 8.73. The Morgan fingerprint density at radius 1 is 1.38 bits per heavy atom. The highest BCUT2D eigenvalue weighted by Gasteiger charge is 2.39. The summed E-state index contributed by atoms with van der Waals surface area (Å²) in [5.74, 6) is -0.793. The Labute approximate surface area is 151 Å². The fraction of sp³-hybridized carbons (Fsp3) is 0.667. The molecule has 0 unspecified atom stereocenters. The van der Waals surface area contributed by atoms with Gasteiger partial charge in [0, 0.05) is 26.5 Å². The first kappa shape index (κ1) is 20.5. The molecule has 146 valence electrons. The summed E-state index contributed by atoms with van der Waals surface area (Å²) >= 11 is 0. The van der Waals surface area contributed by atoms with Gasteiger partial charge in [0.05, 0.1) is 0 Å². The third kappa shape index (κ3) is 5.33. The van der Waals surface area contributed by atoms with E-state index < -0.39 is 18.2 Å². The zero-order chi connectivity index (χ0) is 19.2. The molecule has 1 saturated carbocycles. The van der Waals surface area contributed by atoms with Crippen LogP contribution in [0.4, 0.5) is 13.2 Å². The van der Waals surface area contributed by atoms with Gasteiger partial charge in [0.2, 0.25) is 5.88 Å². The van der Waals surface area contributed by atoms with Crippen LogP contribution in [0.3, 0.4) is 0 Å². The number of pyridine rings is 1. The van der Waals surface area contributed by atoms with E-state index in [1.54, 1.807) is 7.11 Å². The van der Waals surface area contributed by atoms with E-state index in [2.05, 4.69) is 10.3 Å². The highest BCUT2D eigenvalue weighted by molar-refractivity contribution is 5.96. The molecule has 2 rings (SSSR count). The van der Waals surface area contributed by atoms with Crippen molar-refractivity contribution < 1.29 is 27.4 Å². The molecule has 1 aromatic heterocycles. The number of hydrogen-bond acceptors (Lipinski definition) is 4. The van der Waals surface area contributed by atoms with Crippen LogP contribution in [0.1, 0.15) is 49.4 Å². The third-order valence-corrected chi connectivity index (χ3v) is 4.89. The molecule has 1 amide bonds. The maximum atomic E-state index is 12.7. The van der Waals surface area contributed by atoms with Gasteiger partial charge in [-0.3, -0.25) is 4.79 Å². The van der Waals surface area contributed by atoms with Crippen LogP contribution in [0.2, 0.25) is 0 Å². The van der Waals surface area contributed by atoms with Gasteiger partial charge in [-0.2, -0.15) is 13.2 Å². The third-order valence-electron chi connectivity index (χ3n) is 4.89. The van der Waals surface area contributed by atoms with Crippen LogP contribution in [0.15, 0.2) is 18.3 Å². The predicted octanol–water partition coefficient (Wildman–Crippen LogP) is 3.74. The molecular formula is C18H25F3N2O3. The number of carbonyl (C=O) groups is 1. The van der Waals surface area contributed by atoms with E-state index in [9.17, 15) is 18.0 Å². The second kappa shape index (κ2) is 8.70. The minimum Gasteiger partial charge on any atom is -0.464 e. The van der Waals surface area contributed by atoms with Gasteiger partial charge in [0.15, 0.2) is 6.10 Å².